The SMILES string of the molecule is CCOC(=O)C(C)(CC)c1ccc(=O)[nH]c1.O=C=O. The first-order valence-electron chi connectivity index (χ1n) is 5.82. The molecule has 0 spiro atoms. The molecule has 0 aromatic carbocycles. The van der Waals surface area contributed by atoms with Gasteiger partial charge in [0, 0.05) is 12.3 Å². The Morgan fingerprint density at radius 2 is 1.95 bits per heavy atom. The third-order valence-electron chi connectivity index (χ3n) is 2.85. The summed E-state index contributed by atoms with van der Waals surface area (Å²) in [6, 6.07) is 3.09. The lowest BCUT2D eigenvalue weighted by Crippen LogP contribution is -2.34. The largest absolute Gasteiger partial charge is 0.465 e. The van der Waals surface area contributed by atoms with Crippen molar-refractivity contribution in [1.82, 2.24) is 4.98 Å². The van der Waals surface area contributed by atoms with Crippen LogP contribution in [0.5, 0.6) is 0 Å². The predicted octanol–water partition coefficient (Wildman–Crippen LogP) is 1.02. The summed E-state index contributed by atoms with van der Waals surface area (Å²) >= 11 is 0. The normalized spacial score (nSPS) is 12.4. The second-order valence-electron chi connectivity index (χ2n) is 3.93. The van der Waals surface area contributed by atoms with Crippen LogP contribution >= 0.6 is 0 Å². The topological polar surface area (TPSA) is 93.3 Å². The molecule has 1 atom stereocenters. The summed E-state index contributed by atoms with van der Waals surface area (Å²) in [6.07, 6.45) is 2.45. The number of aromatic amines is 1. The molecule has 6 nitrogen and oxygen atoms in total. The van der Waals surface area contributed by atoms with E-state index in [0.29, 0.717) is 13.0 Å². The van der Waals surface area contributed by atoms with Crippen molar-refractivity contribution in [3.63, 3.8) is 0 Å². The molecule has 1 aromatic rings. The predicted molar refractivity (Wildman–Crippen MR) is 66.3 cm³/mol. The van der Waals surface area contributed by atoms with Crippen LogP contribution in [0.1, 0.15) is 32.8 Å². The van der Waals surface area contributed by atoms with Gasteiger partial charge in [-0.1, -0.05) is 13.0 Å². The molecule has 1 rings (SSSR count). The Morgan fingerprint density at radius 1 is 1.37 bits per heavy atom. The standard InChI is InChI=1S/C12H17NO3.CO2/c1-4-12(3,11(15)16-5-2)9-6-7-10(14)13-8-9;2-1-3/h6-8H,4-5H2,1-3H3,(H,13,14);. The number of nitrogens with one attached hydrogen (secondary N) is 1. The van der Waals surface area contributed by atoms with Crippen molar-refractivity contribution in [1.29, 1.82) is 0 Å². The zero-order valence-corrected chi connectivity index (χ0v) is 11.2. The summed E-state index contributed by atoms with van der Waals surface area (Å²) in [5, 5.41) is 0. The maximum Gasteiger partial charge on any atom is 0.373 e. The number of aromatic nitrogens is 1. The van der Waals surface area contributed by atoms with E-state index < -0.39 is 5.41 Å². The van der Waals surface area contributed by atoms with E-state index in [-0.39, 0.29) is 17.7 Å². The van der Waals surface area contributed by atoms with Gasteiger partial charge >= 0.3 is 12.1 Å². The summed E-state index contributed by atoms with van der Waals surface area (Å²) in [4.78, 5) is 41.7. The van der Waals surface area contributed by atoms with Crippen LogP contribution in [0, 0.1) is 0 Å². The summed E-state index contributed by atoms with van der Waals surface area (Å²) < 4.78 is 5.05. The Morgan fingerprint density at radius 3 is 2.32 bits per heavy atom. The second-order valence-corrected chi connectivity index (χ2v) is 3.93. The molecule has 6 heteroatoms. The number of ether oxygens (including phenoxy) is 1. The van der Waals surface area contributed by atoms with E-state index >= 15 is 0 Å². The molecule has 0 amide bonds. The van der Waals surface area contributed by atoms with Gasteiger partial charge in [-0.25, -0.2) is 0 Å². The van der Waals surface area contributed by atoms with Gasteiger partial charge in [-0.2, -0.15) is 9.59 Å². The van der Waals surface area contributed by atoms with E-state index in [0.717, 1.165) is 5.56 Å². The molecule has 0 aliphatic rings. The van der Waals surface area contributed by atoms with Crippen molar-refractivity contribution in [3.8, 4) is 0 Å². The average Bonchev–Trinajstić information content (AvgIpc) is 2.40. The van der Waals surface area contributed by atoms with Crippen molar-refractivity contribution in [3.05, 3.63) is 34.2 Å². The summed E-state index contributed by atoms with van der Waals surface area (Å²) in [5.74, 6) is -0.260. The van der Waals surface area contributed by atoms with Gasteiger partial charge in [-0.05, 0) is 25.8 Å². The highest BCUT2D eigenvalue weighted by atomic mass is 16.5. The van der Waals surface area contributed by atoms with Crippen molar-refractivity contribution >= 4 is 12.1 Å². The molecule has 1 N–H and O–H groups in total. The minimum Gasteiger partial charge on any atom is -0.465 e. The van der Waals surface area contributed by atoms with Gasteiger partial charge in [0.15, 0.2) is 0 Å². The van der Waals surface area contributed by atoms with Crippen LogP contribution in [-0.4, -0.2) is 23.7 Å². The molecule has 1 unspecified atom stereocenters. The van der Waals surface area contributed by atoms with Crippen molar-refractivity contribution in [2.45, 2.75) is 32.6 Å². The lowest BCUT2D eigenvalue weighted by Gasteiger charge is -2.25. The third-order valence-corrected chi connectivity index (χ3v) is 2.85. The quantitative estimate of drug-likeness (QED) is 0.822. The lowest BCUT2D eigenvalue weighted by molar-refractivity contribution is -0.191. The Kier molecular flexibility index (Phi) is 7.07. The summed E-state index contributed by atoms with van der Waals surface area (Å²) in [7, 11) is 0. The fraction of sp³-hybridized carbons (Fsp3) is 0.462. The first kappa shape index (κ1) is 16.8. The van der Waals surface area contributed by atoms with E-state index in [4.69, 9.17) is 14.3 Å². The monoisotopic (exact) mass is 267 g/mol. The van der Waals surface area contributed by atoms with Crippen molar-refractivity contribution in [2.75, 3.05) is 6.61 Å². The number of hydrogen-bond acceptors (Lipinski definition) is 5. The molecule has 104 valence electrons. The molecular formula is C13H17NO5. The van der Waals surface area contributed by atoms with E-state index in [1.54, 1.807) is 19.2 Å². The molecule has 0 fully saturated rings. The zero-order valence-electron chi connectivity index (χ0n) is 11.2. The molecule has 0 aliphatic heterocycles. The van der Waals surface area contributed by atoms with Crippen LogP contribution in [0.3, 0.4) is 0 Å². The molecule has 0 radical (unpaired) electrons. The summed E-state index contributed by atoms with van der Waals surface area (Å²) in [6.45, 7) is 5.87. The maximum absolute atomic E-state index is 11.9. The zero-order chi connectivity index (χ0) is 14.9. The van der Waals surface area contributed by atoms with Crippen molar-refractivity contribution < 1.29 is 19.1 Å². The van der Waals surface area contributed by atoms with Gasteiger partial charge < -0.3 is 9.72 Å². The maximum atomic E-state index is 11.9. The van der Waals surface area contributed by atoms with Crippen LogP contribution in [0.4, 0.5) is 0 Å². The second kappa shape index (κ2) is 8.00. The summed E-state index contributed by atoms with van der Waals surface area (Å²) in [5.41, 5.74) is -0.0978. The number of hydrogen-bond donors (Lipinski definition) is 1. The van der Waals surface area contributed by atoms with Gasteiger partial charge in [0.2, 0.25) is 5.56 Å². The van der Waals surface area contributed by atoms with Gasteiger partial charge in [0.05, 0.1) is 12.0 Å². The van der Waals surface area contributed by atoms with Crippen LogP contribution in [0.15, 0.2) is 23.1 Å². The molecular weight excluding hydrogens is 250 g/mol. The molecule has 0 bridgehead atoms. The fourth-order valence-corrected chi connectivity index (χ4v) is 1.51. The third kappa shape index (κ3) is 4.52. The van der Waals surface area contributed by atoms with Crippen molar-refractivity contribution in [2.24, 2.45) is 0 Å². The molecule has 0 saturated carbocycles. The molecule has 0 aliphatic carbocycles. The van der Waals surface area contributed by atoms with E-state index in [2.05, 4.69) is 4.98 Å². The Labute approximate surface area is 110 Å². The van der Waals surface area contributed by atoms with Crippen LogP contribution in [0.2, 0.25) is 0 Å². The Bertz CT molecular complexity index is 482. The van der Waals surface area contributed by atoms with E-state index in [1.807, 2.05) is 13.8 Å². The molecule has 19 heavy (non-hydrogen) atoms. The van der Waals surface area contributed by atoms with E-state index in [9.17, 15) is 9.59 Å². The number of rotatable bonds is 4. The highest BCUT2D eigenvalue weighted by Gasteiger charge is 2.34. The number of pyridine rings is 1. The molecule has 1 heterocycles. The van der Waals surface area contributed by atoms with Gasteiger partial charge in [-0.15, -0.1) is 0 Å². The highest BCUT2D eigenvalue weighted by molar-refractivity contribution is 5.82. The fourth-order valence-electron chi connectivity index (χ4n) is 1.51. The number of carbonyl (C=O) groups is 1. The minimum atomic E-state index is -0.694. The Balaban J connectivity index is 0.000000982. The van der Waals surface area contributed by atoms with Crippen LogP contribution < -0.4 is 5.56 Å². The number of H-pyrrole nitrogens is 1. The molecule has 0 saturated heterocycles. The van der Waals surface area contributed by atoms with Crippen LogP contribution in [0.25, 0.3) is 0 Å². The first-order valence-corrected chi connectivity index (χ1v) is 5.82. The Hall–Kier alpha value is -2.20. The lowest BCUT2D eigenvalue weighted by atomic mass is 9.81. The highest BCUT2D eigenvalue weighted by Crippen LogP contribution is 2.27. The van der Waals surface area contributed by atoms with E-state index in [1.165, 1.54) is 6.07 Å². The first-order chi connectivity index (χ1) is 8.96. The average molecular weight is 267 g/mol. The van der Waals surface area contributed by atoms with Gasteiger partial charge in [0.25, 0.3) is 0 Å². The minimum absolute atomic E-state index is 0.175. The molecule has 1 aromatic heterocycles. The number of esters is 1. The smallest absolute Gasteiger partial charge is 0.373 e. The number of carbonyl (C=O) groups excluding carboxylic acids is 3. The van der Waals surface area contributed by atoms with Gasteiger partial charge in [0.1, 0.15) is 0 Å². The van der Waals surface area contributed by atoms with Gasteiger partial charge in [-0.3, -0.25) is 9.59 Å². The van der Waals surface area contributed by atoms with Crippen LogP contribution in [-0.2, 0) is 24.5 Å².